The molecule has 0 aromatic heterocycles. The molecule has 1 aliphatic heterocycles. The number of esters is 2. The van der Waals surface area contributed by atoms with E-state index in [2.05, 4.69) is 0 Å². The lowest BCUT2D eigenvalue weighted by atomic mass is 9.92. The van der Waals surface area contributed by atoms with Crippen molar-refractivity contribution in [2.45, 2.75) is 45.4 Å². The summed E-state index contributed by atoms with van der Waals surface area (Å²) in [6.07, 6.45) is -3.52. The van der Waals surface area contributed by atoms with E-state index in [1.54, 1.807) is 0 Å². The molecular weight excluding hydrogens is 377 g/mol. The SMILES string of the molecule is CC(C)(C)CC(=O)OCC1(CO)C/C(=C/c2ccccc2C(F)(F)F)C(=O)O1. The molecule has 1 heterocycles. The fourth-order valence-corrected chi connectivity index (χ4v) is 2.81. The Kier molecular flexibility index (Phi) is 6.23. The average Bonchev–Trinajstić information content (AvgIpc) is 2.88. The van der Waals surface area contributed by atoms with E-state index in [1.807, 2.05) is 20.8 Å². The number of benzene rings is 1. The van der Waals surface area contributed by atoms with Crippen LogP contribution >= 0.6 is 0 Å². The molecule has 0 aliphatic carbocycles. The highest BCUT2D eigenvalue weighted by atomic mass is 19.4. The Labute approximate surface area is 161 Å². The largest absolute Gasteiger partial charge is 0.461 e. The third-order valence-electron chi connectivity index (χ3n) is 4.14. The van der Waals surface area contributed by atoms with Gasteiger partial charge in [0.2, 0.25) is 0 Å². The van der Waals surface area contributed by atoms with Crippen molar-refractivity contribution in [1.29, 1.82) is 0 Å². The minimum absolute atomic E-state index is 0.0300. The fourth-order valence-electron chi connectivity index (χ4n) is 2.81. The van der Waals surface area contributed by atoms with Gasteiger partial charge in [-0.15, -0.1) is 0 Å². The van der Waals surface area contributed by atoms with Crippen molar-refractivity contribution in [2.75, 3.05) is 13.2 Å². The van der Waals surface area contributed by atoms with Gasteiger partial charge in [-0.3, -0.25) is 4.79 Å². The van der Waals surface area contributed by atoms with Crippen LogP contribution in [0.4, 0.5) is 13.2 Å². The molecule has 1 fully saturated rings. The summed E-state index contributed by atoms with van der Waals surface area (Å²) in [5.74, 6) is -1.37. The number of ether oxygens (including phenoxy) is 2. The van der Waals surface area contributed by atoms with Gasteiger partial charge in [0, 0.05) is 12.0 Å². The Morgan fingerprint density at radius 1 is 1.29 bits per heavy atom. The second kappa shape index (κ2) is 7.95. The molecule has 2 rings (SSSR count). The summed E-state index contributed by atoms with van der Waals surface area (Å²) in [6, 6.07) is 4.84. The Morgan fingerprint density at radius 3 is 2.50 bits per heavy atom. The van der Waals surface area contributed by atoms with Crippen molar-refractivity contribution < 1.29 is 37.3 Å². The van der Waals surface area contributed by atoms with Gasteiger partial charge < -0.3 is 14.6 Å². The Balaban J connectivity index is 2.19. The Hall–Kier alpha value is -2.35. The number of cyclic esters (lactones) is 1. The highest BCUT2D eigenvalue weighted by Gasteiger charge is 2.45. The molecule has 8 heteroatoms. The number of carbonyl (C=O) groups excluding carboxylic acids is 2. The minimum Gasteiger partial charge on any atom is -0.461 e. The van der Waals surface area contributed by atoms with Crippen LogP contribution < -0.4 is 0 Å². The van der Waals surface area contributed by atoms with E-state index in [-0.39, 0.29) is 36.0 Å². The van der Waals surface area contributed by atoms with Crippen molar-refractivity contribution in [2.24, 2.45) is 5.41 Å². The first-order valence-electron chi connectivity index (χ1n) is 8.72. The maximum absolute atomic E-state index is 13.1. The van der Waals surface area contributed by atoms with Crippen LogP contribution in [-0.4, -0.2) is 35.9 Å². The summed E-state index contributed by atoms with van der Waals surface area (Å²) >= 11 is 0. The van der Waals surface area contributed by atoms with E-state index in [4.69, 9.17) is 9.47 Å². The molecule has 0 spiro atoms. The van der Waals surface area contributed by atoms with Crippen molar-refractivity contribution in [3.63, 3.8) is 0 Å². The van der Waals surface area contributed by atoms with Gasteiger partial charge in [0.1, 0.15) is 6.61 Å². The summed E-state index contributed by atoms with van der Waals surface area (Å²) in [5.41, 5.74) is -2.89. The molecule has 0 bridgehead atoms. The Bertz CT molecular complexity index is 777. The second-order valence-corrected chi connectivity index (χ2v) is 8.06. The summed E-state index contributed by atoms with van der Waals surface area (Å²) in [5, 5.41) is 9.67. The first-order valence-corrected chi connectivity index (χ1v) is 8.72. The zero-order valence-corrected chi connectivity index (χ0v) is 15.9. The van der Waals surface area contributed by atoms with Crippen LogP contribution in [0.25, 0.3) is 6.08 Å². The first kappa shape index (κ1) is 21.9. The number of hydrogen-bond donors (Lipinski definition) is 1. The van der Waals surface area contributed by atoms with E-state index < -0.39 is 35.9 Å². The number of aliphatic hydroxyl groups is 1. The smallest absolute Gasteiger partial charge is 0.416 e. The van der Waals surface area contributed by atoms with E-state index in [9.17, 15) is 27.9 Å². The summed E-state index contributed by atoms with van der Waals surface area (Å²) in [7, 11) is 0. The molecule has 0 saturated carbocycles. The summed E-state index contributed by atoms with van der Waals surface area (Å²) in [6.45, 7) is 4.56. The van der Waals surface area contributed by atoms with Crippen LogP contribution in [-0.2, 0) is 25.2 Å². The molecule has 1 aromatic carbocycles. The quantitative estimate of drug-likeness (QED) is 0.602. The molecule has 1 saturated heterocycles. The van der Waals surface area contributed by atoms with E-state index in [0.717, 1.165) is 12.1 Å². The van der Waals surface area contributed by atoms with E-state index in [1.165, 1.54) is 18.2 Å². The fraction of sp³-hybridized carbons (Fsp3) is 0.500. The van der Waals surface area contributed by atoms with Crippen LogP contribution in [0.1, 0.15) is 44.7 Å². The molecule has 5 nitrogen and oxygen atoms in total. The van der Waals surface area contributed by atoms with Crippen LogP contribution in [0.3, 0.4) is 0 Å². The van der Waals surface area contributed by atoms with Crippen molar-refractivity contribution >= 4 is 18.0 Å². The zero-order chi connectivity index (χ0) is 21.2. The molecule has 0 radical (unpaired) electrons. The van der Waals surface area contributed by atoms with Gasteiger partial charge in [-0.25, -0.2) is 4.79 Å². The van der Waals surface area contributed by atoms with Gasteiger partial charge in [0.25, 0.3) is 0 Å². The zero-order valence-electron chi connectivity index (χ0n) is 15.9. The van der Waals surface area contributed by atoms with E-state index >= 15 is 0 Å². The third kappa shape index (κ3) is 5.58. The number of halogens is 3. The summed E-state index contributed by atoms with van der Waals surface area (Å²) < 4.78 is 49.7. The first-order chi connectivity index (χ1) is 12.9. The second-order valence-electron chi connectivity index (χ2n) is 8.06. The molecule has 1 aliphatic rings. The van der Waals surface area contributed by atoms with Crippen LogP contribution in [0.2, 0.25) is 0 Å². The lowest BCUT2D eigenvalue weighted by Gasteiger charge is -2.25. The molecule has 1 N–H and O–H groups in total. The van der Waals surface area contributed by atoms with Gasteiger partial charge in [-0.1, -0.05) is 39.0 Å². The average molecular weight is 400 g/mol. The maximum Gasteiger partial charge on any atom is 0.416 e. The lowest BCUT2D eigenvalue weighted by Crippen LogP contribution is -2.39. The third-order valence-corrected chi connectivity index (χ3v) is 4.14. The van der Waals surface area contributed by atoms with Gasteiger partial charge in [0.05, 0.1) is 18.6 Å². The molecule has 1 unspecified atom stereocenters. The van der Waals surface area contributed by atoms with Gasteiger partial charge in [-0.05, 0) is 23.1 Å². The highest BCUT2D eigenvalue weighted by Crippen LogP contribution is 2.36. The molecule has 0 amide bonds. The minimum atomic E-state index is -4.58. The van der Waals surface area contributed by atoms with Crippen LogP contribution in [0, 0.1) is 5.41 Å². The number of aliphatic hydroxyl groups excluding tert-OH is 1. The van der Waals surface area contributed by atoms with Crippen molar-refractivity contribution in [3.8, 4) is 0 Å². The van der Waals surface area contributed by atoms with Gasteiger partial charge in [-0.2, -0.15) is 13.2 Å². The topological polar surface area (TPSA) is 72.8 Å². The van der Waals surface area contributed by atoms with Crippen LogP contribution in [0.5, 0.6) is 0 Å². The monoisotopic (exact) mass is 400 g/mol. The van der Waals surface area contributed by atoms with Crippen molar-refractivity contribution in [3.05, 3.63) is 41.0 Å². The predicted octanol–water partition coefficient (Wildman–Crippen LogP) is 3.75. The number of hydrogen-bond acceptors (Lipinski definition) is 5. The van der Waals surface area contributed by atoms with Gasteiger partial charge in [0.15, 0.2) is 5.60 Å². The van der Waals surface area contributed by atoms with Crippen molar-refractivity contribution in [1.82, 2.24) is 0 Å². The molecule has 1 aromatic rings. The normalized spacial score (nSPS) is 21.7. The van der Waals surface area contributed by atoms with E-state index in [0.29, 0.717) is 0 Å². The maximum atomic E-state index is 13.1. The number of alkyl halides is 3. The predicted molar refractivity (Wildman–Crippen MR) is 95.0 cm³/mol. The number of rotatable bonds is 5. The molecular formula is C20H23F3O5. The lowest BCUT2D eigenvalue weighted by molar-refractivity contribution is -0.167. The highest BCUT2D eigenvalue weighted by molar-refractivity contribution is 5.96. The molecule has 28 heavy (non-hydrogen) atoms. The summed E-state index contributed by atoms with van der Waals surface area (Å²) in [4.78, 5) is 24.1. The van der Waals surface area contributed by atoms with Gasteiger partial charge >= 0.3 is 18.1 Å². The standard InChI is InChI=1S/C20H23F3O5/c1-18(2,3)10-16(25)27-12-19(11-24)9-14(17(26)28-19)8-13-6-4-5-7-15(13)20(21,22)23/h4-8,24H,9-12H2,1-3H3/b14-8-. The Morgan fingerprint density at radius 2 is 1.93 bits per heavy atom. The molecule has 1 atom stereocenters. The van der Waals surface area contributed by atoms with Crippen LogP contribution in [0.15, 0.2) is 29.8 Å². The number of carbonyl (C=O) groups is 2. The molecule has 154 valence electrons.